The van der Waals surface area contributed by atoms with Crippen LogP contribution in [0.5, 0.6) is 0 Å². The van der Waals surface area contributed by atoms with Crippen LogP contribution < -0.4 is 0 Å². The van der Waals surface area contributed by atoms with E-state index < -0.39 is 0 Å². The van der Waals surface area contributed by atoms with Gasteiger partial charge < -0.3 is 4.98 Å². The van der Waals surface area contributed by atoms with E-state index in [0.717, 1.165) is 44.8 Å². The van der Waals surface area contributed by atoms with Gasteiger partial charge in [-0.15, -0.1) is 0 Å². The van der Waals surface area contributed by atoms with Crippen molar-refractivity contribution in [2.75, 3.05) is 0 Å². The van der Waals surface area contributed by atoms with Crippen molar-refractivity contribution in [1.29, 1.82) is 0 Å². The van der Waals surface area contributed by atoms with E-state index in [1.165, 1.54) is 0 Å². The van der Waals surface area contributed by atoms with Crippen molar-refractivity contribution in [3.63, 3.8) is 0 Å². The molecular formula is C22H15ClN4. The lowest BCUT2D eigenvalue weighted by molar-refractivity contribution is 0.986. The Balaban J connectivity index is 1.69. The number of H-pyrrole nitrogens is 1. The standard InChI is InChI=1S/C22H15ClN4/c23-15-8-2-1-7-14(15)22-20(24-16-9-3-6-12-19(16)27-22)13-21-25-17-10-4-5-11-18(17)26-21/h1-12H,13H2,(H,25,26). The second kappa shape index (κ2) is 6.49. The summed E-state index contributed by atoms with van der Waals surface area (Å²) in [5, 5.41) is 0.660. The summed E-state index contributed by atoms with van der Waals surface area (Å²) in [5.74, 6) is 0.856. The van der Waals surface area contributed by atoms with E-state index in [4.69, 9.17) is 21.6 Å². The number of fused-ring (bicyclic) bond motifs is 2. The van der Waals surface area contributed by atoms with Gasteiger partial charge in [-0.25, -0.2) is 15.0 Å². The van der Waals surface area contributed by atoms with Gasteiger partial charge in [0.05, 0.1) is 44.9 Å². The number of aromatic nitrogens is 4. The number of benzene rings is 3. The topological polar surface area (TPSA) is 54.5 Å². The van der Waals surface area contributed by atoms with E-state index >= 15 is 0 Å². The highest BCUT2D eigenvalue weighted by atomic mass is 35.5. The zero-order valence-corrected chi connectivity index (χ0v) is 15.1. The molecule has 0 aliphatic rings. The number of nitrogens with one attached hydrogen (secondary N) is 1. The number of imidazole rings is 1. The van der Waals surface area contributed by atoms with Crippen LogP contribution in [-0.4, -0.2) is 19.9 Å². The number of halogens is 1. The summed E-state index contributed by atoms with van der Waals surface area (Å²) in [6, 6.07) is 23.6. The summed E-state index contributed by atoms with van der Waals surface area (Å²) in [6.07, 6.45) is 0.549. The predicted molar refractivity (Wildman–Crippen MR) is 109 cm³/mol. The summed E-state index contributed by atoms with van der Waals surface area (Å²) in [4.78, 5) is 17.8. The van der Waals surface area contributed by atoms with Gasteiger partial charge in [-0.2, -0.15) is 0 Å². The molecule has 130 valence electrons. The molecule has 0 saturated heterocycles. The molecule has 0 amide bonds. The van der Waals surface area contributed by atoms with E-state index in [9.17, 15) is 0 Å². The van der Waals surface area contributed by atoms with Crippen LogP contribution in [0.15, 0.2) is 72.8 Å². The van der Waals surface area contributed by atoms with Gasteiger partial charge in [-0.3, -0.25) is 0 Å². The minimum atomic E-state index is 0.549. The highest BCUT2D eigenvalue weighted by molar-refractivity contribution is 6.33. The Kier molecular flexibility index (Phi) is 3.84. The lowest BCUT2D eigenvalue weighted by atomic mass is 10.1. The minimum absolute atomic E-state index is 0.549. The molecule has 0 saturated carbocycles. The molecule has 3 aromatic carbocycles. The maximum atomic E-state index is 6.46. The van der Waals surface area contributed by atoms with Crippen molar-refractivity contribution in [2.24, 2.45) is 0 Å². The minimum Gasteiger partial charge on any atom is -0.342 e. The third kappa shape index (κ3) is 2.94. The second-order valence-corrected chi connectivity index (χ2v) is 6.77. The summed E-state index contributed by atoms with van der Waals surface area (Å²) in [7, 11) is 0. The zero-order chi connectivity index (χ0) is 18.2. The van der Waals surface area contributed by atoms with E-state index in [2.05, 4.69) is 9.97 Å². The number of nitrogens with zero attached hydrogens (tertiary/aromatic N) is 3. The summed E-state index contributed by atoms with van der Waals surface area (Å²) in [5.41, 5.74) is 6.19. The molecule has 4 nitrogen and oxygen atoms in total. The van der Waals surface area contributed by atoms with E-state index in [1.54, 1.807) is 0 Å². The molecule has 0 aliphatic carbocycles. The van der Waals surface area contributed by atoms with Crippen LogP contribution in [-0.2, 0) is 6.42 Å². The molecule has 0 radical (unpaired) electrons. The van der Waals surface area contributed by atoms with Crippen LogP contribution in [0.4, 0.5) is 0 Å². The molecule has 1 N–H and O–H groups in total. The fourth-order valence-electron chi connectivity index (χ4n) is 3.28. The van der Waals surface area contributed by atoms with Crippen LogP contribution in [0.3, 0.4) is 0 Å². The third-order valence-corrected chi connectivity index (χ3v) is 4.87. The average molecular weight is 371 g/mol. The summed E-state index contributed by atoms with van der Waals surface area (Å²) in [6.45, 7) is 0. The van der Waals surface area contributed by atoms with Crippen LogP contribution in [0.2, 0.25) is 5.02 Å². The molecule has 0 aliphatic heterocycles. The first-order valence-corrected chi connectivity index (χ1v) is 9.10. The van der Waals surface area contributed by atoms with Crippen molar-refractivity contribution in [2.45, 2.75) is 6.42 Å². The monoisotopic (exact) mass is 370 g/mol. The molecule has 0 bridgehead atoms. The lowest BCUT2D eigenvalue weighted by Crippen LogP contribution is -2.02. The van der Waals surface area contributed by atoms with E-state index in [0.29, 0.717) is 11.4 Å². The van der Waals surface area contributed by atoms with Crippen LogP contribution in [0, 0.1) is 0 Å². The smallest absolute Gasteiger partial charge is 0.113 e. The highest BCUT2D eigenvalue weighted by Crippen LogP contribution is 2.30. The molecule has 5 rings (SSSR count). The van der Waals surface area contributed by atoms with Gasteiger partial charge in [0.25, 0.3) is 0 Å². The first-order valence-electron chi connectivity index (χ1n) is 8.72. The molecule has 0 spiro atoms. The molecule has 2 heterocycles. The Morgan fingerprint density at radius 2 is 1.37 bits per heavy atom. The molecule has 0 atom stereocenters. The van der Waals surface area contributed by atoms with Gasteiger partial charge >= 0.3 is 0 Å². The predicted octanol–water partition coefficient (Wildman–Crippen LogP) is 5.42. The summed E-state index contributed by atoms with van der Waals surface area (Å²) >= 11 is 6.46. The van der Waals surface area contributed by atoms with Crippen LogP contribution in [0.25, 0.3) is 33.3 Å². The molecule has 5 heteroatoms. The first kappa shape index (κ1) is 16.0. The van der Waals surface area contributed by atoms with Crippen LogP contribution in [0.1, 0.15) is 11.5 Å². The molecule has 0 fully saturated rings. The quantitative estimate of drug-likeness (QED) is 0.461. The molecule has 5 aromatic rings. The number of hydrogen-bond donors (Lipinski definition) is 1. The Morgan fingerprint density at radius 1 is 0.704 bits per heavy atom. The normalized spacial score (nSPS) is 11.3. The molecular weight excluding hydrogens is 356 g/mol. The number of rotatable bonds is 3. The van der Waals surface area contributed by atoms with Crippen molar-refractivity contribution >= 4 is 33.7 Å². The molecule has 0 unspecified atom stereocenters. The van der Waals surface area contributed by atoms with Crippen molar-refractivity contribution in [3.05, 3.63) is 89.3 Å². The van der Waals surface area contributed by atoms with Crippen molar-refractivity contribution < 1.29 is 0 Å². The van der Waals surface area contributed by atoms with Crippen LogP contribution >= 0.6 is 11.6 Å². The first-order chi connectivity index (χ1) is 13.3. The van der Waals surface area contributed by atoms with Crippen molar-refractivity contribution in [3.8, 4) is 11.3 Å². The molecule has 27 heavy (non-hydrogen) atoms. The Bertz CT molecular complexity index is 1240. The maximum Gasteiger partial charge on any atom is 0.113 e. The van der Waals surface area contributed by atoms with Gasteiger partial charge in [0.2, 0.25) is 0 Å². The van der Waals surface area contributed by atoms with Gasteiger partial charge in [0, 0.05) is 5.56 Å². The summed E-state index contributed by atoms with van der Waals surface area (Å²) < 4.78 is 0. The van der Waals surface area contributed by atoms with Gasteiger partial charge in [-0.1, -0.05) is 54.1 Å². The number of para-hydroxylation sites is 4. The Labute approximate surface area is 160 Å². The number of aromatic amines is 1. The fourth-order valence-corrected chi connectivity index (χ4v) is 3.50. The Morgan fingerprint density at radius 3 is 2.15 bits per heavy atom. The van der Waals surface area contributed by atoms with E-state index in [1.807, 2.05) is 72.8 Å². The SMILES string of the molecule is Clc1ccccc1-c1nc2ccccc2nc1Cc1nc2ccccc2[nH]1. The Hall–Kier alpha value is -3.24. The number of hydrogen-bond acceptors (Lipinski definition) is 3. The zero-order valence-electron chi connectivity index (χ0n) is 14.4. The maximum absolute atomic E-state index is 6.46. The lowest BCUT2D eigenvalue weighted by Gasteiger charge is -2.10. The highest BCUT2D eigenvalue weighted by Gasteiger charge is 2.15. The van der Waals surface area contributed by atoms with E-state index in [-0.39, 0.29) is 0 Å². The van der Waals surface area contributed by atoms with Gasteiger partial charge in [0.1, 0.15) is 5.82 Å². The van der Waals surface area contributed by atoms with Crippen molar-refractivity contribution in [1.82, 2.24) is 19.9 Å². The third-order valence-electron chi connectivity index (χ3n) is 4.55. The molecule has 2 aromatic heterocycles. The largest absolute Gasteiger partial charge is 0.342 e. The second-order valence-electron chi connectivity index (χ2n) is 6.36. The average Bonchev–Trinajstić information content (AvgIpc) is 3.10. The van der Waals surface area contributed by atoms with Gasteiger partial charge in [0.15, 0.2) is 0 Å². The van der Waals surface area contributed by atoms with Gasteiger partial charge in [-0.05, 0) is 30.3 Å². The fraction of sp³-hybridized carbons (Fsp3) is 0.0455.